The minimum atomic E-state index is -3.56. The summed E-state index contributed by atoms with van der Waals surface area (Å²) in [6.45, 7) is 8.10. The van der Waals surface area contributed by atoms with Gasteiger partial charge in [0.25, 0.3) is 16.1 Å². The van der Waals surface area contributed by atoms with E-state index in [1.165, 1.54) is 8.61 Å². The van der Waals surface area contributed by atoms with Gasteiger partial charge in [-0.15, -0.1) is 0 Å². The summed E-state index contributed by atoms with van der Waals surface area (Å²) in [4.78, 5) is 14.6. The van der Waals surface area contributed by atoms with Crippen LogP contribution in [0.25, 0.3) is 0 Å². The number of hydrogen-bond donors (Lipinski definition) is 0. The Kier molecular flexibility index (Phi) is 6.59. The predicted molar refractivity (Wildman–Crippen MR) is 106 cm³/mol. The first-order valence-electron chi connectivity index (χ1n) is 9.74. The molecule has 0 bridgehead atoms. The van der Waals surface area contributed by atoms with E-state index in [0.717, 1.165) is 0 Å². The second kappa shape index (κ2) is 8.77. The number of para-hydroxylation sites is 1. The third-order valence-electron chi connectivity index (χ3n) is 4.98. The first-order valence-corrected chi connectivity index (χ1v) is 11.1. The summed E-state index contributed by atoms with van der Waals surface area (Å²) in [6, 6.07) is 7.15. The molecule has 2 aliphatic rings. The Labute approximate surface area is 167 Å². The normalized spacial score (nSPS) is 24.9. The van der Waals surface area contributed by atoms with Crippen molar-refractivity contribution < 1.29 is 22.7 Å². The summed E-state index contributed by atoms with van der Waals surface area (Å²) >= 11 is 0. The van der Waals surface area contributed by atoms with Crippen molar-refractivity contribution in [3.63, 3.8) is 0 Å². The summed E-state index contributed by atoms with van der Waals surface area (Å²) in [5.41, 5.74) is 0.511. The second-order valence-corrected chi connectivity index (χ2v) is 9.13. The van der Waals surface area contributed by atoms with E-state index in [-0.39, 0.29) is 31.2 Å². The maximum Gasteiger partial charge on any atom is 0.282 e. The van der Waals surface area contributed by atoms with E-state index >= 15 is 0 Å². The van der Waals surface area contributed by atoms with Gasteiger partial charge >= 0.3 is 0 Å². The van der Waals surface area contributed by atoms with Crippen molar-refractivity contribution in [2.75, 3.05) is 45.9 Å². The SMILES string of the molecule is CCOc1ccccc1C(=O)N1CCN(S(=O)(=O)N2C[C@@H](C)O[C@@H](C)C2)CC1. The molecule has 2 atom stereocenters. The molecule has 2 saturated heterocycles. The molecule has 156 valence electrons. The molecular weight excluding hydrogens is 382 g/mol. The Morgan fingerprint density at radius 1 is 1.07 bits per heavy atom. The number of carbonyl (C=O) groups excluding carboxylic acids is 1. The highest BCUT2D eigenvalue weighted by Crippen LogP contribution is 2.22. The van der Waals surface area contributed by atoms with Gasteiger partial charge in [0.05, 0.1) is 24.4 Å². The van der Waals surface area contributed by atoms with Gasteiger partial charge in [-0.05, 0) is 32.9 Å². The fraction of sp³-hybridized carbons (Fsp3) is 0.632. The average molecular weight is 412 g/mol. The zero-order valence-electron chi connectivity index (χ0n) is 16.7. The lowest BCUT2D eigenvalue weighted by Gasteiger charge is -2.40. The van der Waals surface area contributed by atoms with Gasteiger partial charge in [-0.25, -0.2) is 0 Å². The van der Waals surface area contributed by atoms with E-state index in [9.17, 15) is 13.2 Å². The second-order valence-electron chi connectivity index (χ2n) is 7.20. The lowest BCUT2D eigenvalue weighted by Crippen LogP contribution is -2.57. The summed E-state index contributed by atoms with van der Waals surface area (Å²) in [5, 5.41) is 0. The molecule has 2 heterocycles. The molecule has 9 heteroatoms. The first kappa shape index (κ1) is 21.0. The van der Waals surface area contributed by atoms with E-state index in [1.54, 1.807) is 23.1 Å². The van der Waals surface area contributed by atoms with Crippen molar-refractivity contribution in [2.45, 2.75) is 33.0 Å². The Morgan fingerprint density at radius 3 is 2.29 bits per heavy atom. The highest BCUT2D eigenvalue weighted by atomic mass is 32.2. The molecule has 2 fully saturated rings. The molecule has 0 aromatic heterocycles. The molecule has 28 heavy (non-hydrogen) atoms. The van der Waals surface area contributed by atoms with Gasteiger partial charge in [-0.3, -0.25) is 4.79 Å². The van der Waals surface area contributed by atoms with E-state index in [4.69, 9.17) is 9.47 Å². The van der Waals surface area contributed by atoms with Crippen LogP contribution in [0, 0.1) is 0 Å². The molecule has 1 amide bonds. The number of ether oxygens (including phenoxy) is 2. The van der Waals surface area contributed by atoms with Crippen LogP contribution in [0.4, 0.5) is 0 Å². The monoisotopic (exact) mass is 411 g/mol. The Hall–Kier alpha value is -1.68. The first-order chi connectivity index (χ1) is 13.3. The highest BCUT2D eigenvalue weighted by Gasteiger charge is 2.37. The summed E-state index contributed by atoms with van der Waals surface area (Å²) in [6.07, 6.45) is -0.257. The van der Waals surface area contributed by atoms with E-state index in [2.05, 4.69) is 0 Å². The third kappa shape index (κ3) is 4.48. The molecule has 0 radical (unpaired) electrons. The van der Waals surface area contributed by atoms with Gasteiger partial charge in [0.1, 0.15) is 5.75 Å². The number of nitrogens with zero attached hydrogens (tertiary/aromatic N) is 3. The highest BCUT2D eigenvalue weighted by molar-refractivity contribution is 7.86. The largest absolute Gasteiger partial charge is 0.493 e. The number of amides is 1. The predicted octanol–water partition coefficient (Wildman–Crippen LogP) is 1.20. The molecule has 3 rings (SSSR count). The van der Waals surface area contributed by atoms with Crippen LogP contribution in [-0.4, -0.2) is 85.9 Å². The van der Waals surface area contributed by atoms with Crippen molar-refractivity contribution >= 4 is 16.1 Å². The van der Waals surface area contributed by atoms with Crippen LogP contribution in [0.3, 0.4) is 0 Å². The summed E-state index contributed by atoms with van der Waals surface area (Å²) < 4.78 is 40.1. The minimum Gasteiger partial charge on any atom is -0.493 e. The number of morpholine rings is 1. The maximum absolute atomic E-state index is 13.0. The number of benzene rings is 1. The van der Waals surface area contributed by atoms with Crippen LogP contribution in [0.2, 0.25) is 0 Å². The zero-order chi connectivity index (χ0) is 20.3. The smallest absolute Gasteiger partial charge is 0.282 e. The van der Waals surface area contributed by atoms with Crippen molar-refractivity contribution in [1.29, 1.82) is 0 Å². The molecule has 0 N–H and O–H groups in total. The molecule has 2 aliphatic heterocycles. The van der Waals surface area contributed by atoms with Gasteiger partial charge in [0.2, 0.25) is 0 Å². The summed E-state index contributed by atoms with van der Waals surface area (Å²) in [7, 11) is -3.56. The fourth-order valence-electron chi connectivity index (χ4n) is 3.70. The number of carbonyl (C=O) groups is 1. The van der Waals surface area contributed by atoms with Crippen LogP contribution in [0.5, 0.6) is 5.75 Å². The summed E-state index contributed by atoms with van der Waals surface area (Å²) in [5.74, 6) is 0.427. The number of hydrogen-bond acceptors (Lipinski definition) is 5. The fourth-order valence-corrected chi connectivity index (χ4v) is 5.45. The average Bonchev–Trinajstić information content (AvgIpc) is 2.67. The Bertz CT molecular complexity index is 783. The third-order valence-corrected chi connectivity index (χ3v) is 6.95. The topological polar surface area (TPSA) is 79.4 Å². The van der Waals surface area contributed by atoms with Crippen molar-refractivity contribution in [1.82, 2.24) is 13.5 Å². The number of piperazine rings is 1. The zero-order valence-corrected chi connectivity index (χ0v) is 17.5. The molecule has 1 aromatic rings. The molecule has 8 nitrogen and oxygen atoms in total. The lowest BCUT2D eigenvalue weighted by atomic mass is 10.1. The van der Waals surface area contributed by atoms with Gasteiger partial charge in [-0.2, -0.15) is 17.0 Å². The molecule has 0 unspecified atom stereocenters. The molecule has 0 aliphatic carbocycles. The van der Waals surface area contributed by atoms with Crippen molar-refractivity contribution in [2.24, 2.45) is 0 Å². The maximum atomic E-state index is 13.0. The van der Waals surface area contributed by atoms with Gasteiger partial charge < -0.3 is 14.4 Å². The standard InChI is InChI=1S/C19H29N3O5S/c1-4-26-18-8-6-5-7-17(18)19(23)20-9-11-21(12-10-20)28(24,25)22-13-15(2)27-16(3)14-22/h5-8,15-16H,4,9-14H2,1-3H3/t15-,16+. The van der Waals surface area contributed by atoms with Crippen molar-refractivity contribution in [3.05, 3.63) is 29.8 Å². The van der Waals surface area contributed by atoms with E-state index in [1.807, 2.05) is 26.8 Å². The number of rotatable bonds is 5. The lowest BCUT2D eigenvalue weighted by molar-refractivity contribution is -0.0457. The van der Waals surface area contributed by atoms with Crippen LogP contribution >= 0.6 is 0 Å². The molecule has 1 aromatic carbocycles. The minimum absolute atomic E-state index is 0.128. The molecule has 0 saturated carbocycles. The Balaban J connectivity index is 1.65. The van der Waals surface area contributed by atoms with E-state index in [0.29, 0.717) is 44.1 Å². The molecular formula is C19H29N3O5S. The van der Waals surface area contributed by atoms with Crippen LogP contribution in [0.15, 0.2) is 24.3 Å². The van der Waals surface area contributed by atoms with Crippen molar-refractivity contribution in [3.8, 4) is 5.75 Å². The molecule has 0 spiro atoms. The van der Waals surface area contributed by atoms with Crippen LogP contribution in [-0.2, 0) is 14.9 Å². The van der Waals surface area contributed by atoms with Gasteiger partial charge in [0.15, 0.2) is 0 Å². The van der Waals surface area contributed by atoms with Gasteiger partial charge in [0, 0.05) is 39.3 Å². The van der Waals surface area contributed by atoms with E-state index < -0.39 is 10.2 Å². The Morgan fingerprint density at radius 2 is 1.68 bits per heavy atom. The van der Waals surface area contributed by atoms with Crippen LogP contribution in [0.1, 0.15) is 31.1 Å². The quantitative estimate of drug-likeness (QED) is 0.727. The van der Waals surface area contributed by atoms with Gasteiger partial charge in [-0.1, -0.05) is 12.1 Å². The van der Waals surface area contributed by atoms with Crippen LogP contribution < -0.4 is 4.74 Å².